The Hall–Kier alpha value is -0.470. The van der Waals surface area contributed by atoms with Crippen molar-refractivity contribution >= 4 is 11.8 Å². The van der Waals surface area contributed by atoms with Crippen LogP contribution >= 0.6 is 11.8 Å². The van der Waals surface area contributed by atoms with Crippen molar-refractivity contribution in [1.29, 1.82) is 0 Å². The molecule has 0 aromatic heterocycles. The number of rotatable bonds is 4. The van der Waals surface area contributed by atoms with Gasteiger partial charge in [0.1, 0.15) is 0 Å². The molecule has 2 N–H and O–H groups in total. The summed E-state index contributed by atoms with van der Waals surface area (Å²) in [6, 6.07) is 8.92. The van der Waals surface area contributed by atoms with Crippen molar-refractivity contribution in [1.82, 2.24) is 0 Å². The van der Waals surface area contributed by atoms with Gasteiger partial charge in [0.15, 0.2) is 0 Å². The molecule has 1 aromatic rings. The molecule has 78 valence electrons. The summed E-state index contributed by atoms with van der Waals surface area (Å²) in [6.45, 7) is 6.38. The molecule has 2 atom stereocenters. The second-order valence-electron chi connectivity index (χ2n) is 3.86. The summed E-state index contributed by atoms with van der Waals surface area (Å²) in [5.74, 6) is 1.06. The van der Waals surface area contributed by atoms with E-state index >= 15 is 0 Å². The molecular formula is C12H19NS. The SMILES string of the molecule is Cc1cccc(CSC(C)C(C)N)c1. The Morgan fingerprint density at radius 1 is 1.36 bits per heavy atom. The lowest BCUT2D eigenvalue weighted by molar-refractivity contribution is 0.730. The van der Waals surface area contributed by atoms with Crippen molar-refractivity contribution in [2.24, 2.45) is 5.73 Å². The van der Waals surface area contributed by atoms with Crippen molar-refractivity contribution in [2.45, 2.75) is 37.8 Å². The maximum atomic E-state index is 5.81. The highest BCUT2D eigenvalue weighted by atomic mass is 32.2. The molecule has 0 aliphatic carbocycles. The van der Waals surface area contributed by atoms with Crippen LogP contribution in [-0.2, 0) is 5.75 Å². The number of benzene rings is 1. The largest absolute Gasteiger partial charge is 0.327 e. The van der Waals surface area contributed by atoms with Crippen molar-refractivity contribution < 1.29 is 0 Å². The first-order valence-electron chi connectivity index (χ1n) is 5.02. The van der Waals surface area contributed by atoms with Gasteiger partial charge in [-0.15, -0.1) is 0 Å². The fraction of sp³-hybridized carbons (Fsp3) is 0.500. The molecule has 0 spiro atoms. The van der Waals surface area contributed by atoms with Gasteiger partial charge in [-0.3, -0.25) is 0 Å². The van der Waals surface area contributed by atoms with Gasteiger partial charge in [-0.25, -0.2) is 0 Å². The van der Waals surface area contributed by atoms with Gasteiger partial charge in [0.05, 0.1) is 0 Å². The molecule has 0 bridgehead atoms. The Morgan fingerprint density at radius 3 is 2.64 bits per heavy atom. The molecule has 0 heterocycles. The highest BCUT2D eigenvalue weighted by molar-refractivity contribution is 7.99. The number of thioether (sulfide) groups is 1. The van der Waals surface area contributed by atoms with Gasteiger partial charge < -0.3 is 5.73 Å². The van der Waals surface area contributed by atoms with Crippen LogP contribution in [0.15, 0.2) is 24.3 Å². The third-order valence-corrected chi connectivity index (χ3v) is 3.79. The first kappa shape index (κ1) is 11.6. The molecule has 0 saturated heterocycles. The number of hydrogen-bond acceptors (Lipinski definition) is 2. The van der Waals surface area contributed by atoms with Gasteiger partial charge in [0, 0.05) is 17.0 Å². The predicted molar refractivity (Wildman–Crippen MR) is 65.6 cm³/mol. The van der Waals surface area contributed by atoms with Crippen LogP contribution in [0.25, 0.3) is 0 Å². The van der Waals surface area contributed by atoms with Crippen LogP contribution in [0.3, 0.4) is 0 Å². The van der Waals surface area contributed by atoms with E-state index in [0.29, 0.717) is 5.25 Å². The van der Waals surface area contributed by atoms with Gasteiger partial charge in [-0.1, -0.05) is 36.8 Å². The Labute approximate surface area is 91.1 Å². The molecule has 0 radical (unpaired) electrons. The summed E-state index contributed by atoms with van der Waals surface area (Å²) in [5, 5.41) is 0.524. The Balaban J connectivity index is 2.45. The maximum Gasteiger partial charge on any atom is 0.0187 e. The van der Waals surface area contributed by atoms with E-state index in [-0.39, 0.29) is 6.04 Å². The Kier molecular flexibility index (Phi) is 4.49. The lowest BCUT2D eigenvalue weighted by atomic mass is 10.2. The Morgan fingerprint density at radius 2 is 2.07 bits per heavy atom. The van der Waals surface area contributed by atoms with Crippen LogP contribution < -0.4 is 5.73 Å². The molecule has 1 nitrogen and oxygen atoms in total. The lowest BCUT2D eigenvalue weighted by Gasteiger charge is -2.14. The van der Waals surface area contributed by atoms with Gasteiger partial charge in [-0.05, 0) is 19.4 Å². The first-order valence-corrected chi connectivity index (χ1v) is 6.07. The minimum absolute atomic E-state index is 0.268. The van der Waals surface area contributed by atoms with Crippen LogP contribution in [0.5, 0.6) is 0 Å². The van der Waals surface area contributed by atoms with Gasteiger partial charge in [-0.2, -0.15) is 11.8 Å². The summed E-state index contributed by atoms with van der Waals surface area (Å²) in [7, 11) is 0. The average Bonchev–Trinajstić information content (AvgIpc) is 2.14. The van der Waals surface area contributed by atoms with Gasteiger partial charge in [0.2, 0.25) is 0 Å². The average molecular weight is 209 g/mol. The smallest absolute Gasteiger partial charge is 0.0187 e. The standard InChI is InChI=1S/C12H19NS/c1-9-5-4-6-12(7-9)8-14-11(3)10(2)13/h4-7,10-11H,8,13H2,1-3H3. The third-order valence-electron chi connectivity index (χ3n) is 2.34. The molecule has 2 heteroatoms. The van der Waals surface area contributed by atoms with Crippen molar-refractivity contribution in [3.63, 3.8) is 0 Å². The van der Waals surface area contributed by atoms with E-state index in [4.69, 9.17) is 5.73 Å². The minimum Gasteiger partial charge on any atom is -0.327 e. The zero-order valence-corrected chi connectivity index (χ0v) is 9.97. The normalized spacial score (nSPS) is 15.1. The molecule has 0 aliphatic heterocycles. The summed E-state index contributed by atoms with van der Waals surface area (Å²) in [5.41, 5.74) is 8.53. The van der Waals surface area contributed by atoms with E-state index in [9.17, 15) is 0 Å². The molecule has 1 aromatic carbocycles. The summed E-state index contributed by atoms with van der Waals surface area (Å²) < 4.78 is 0. The lowest BCUT2D eigenvalue weighted by Crippen LogP contribution is -2.26. The van der Waals surface area contributed by atoms with E-state index in [1.54, 1.807) is 0 Å². The van der Waals surface area contributed by atoms with Crippen molar-refractivity contribution in [3.05, 3.63) is 35.4 Å². The molecular weight excluding hydrogens is 190 g/mol. The molecule has 0 saturated carbocycles. The van der Waals surface area contributed by atoms with E-state index < -0.39 is 0 Å². The monoisotopic (exact) mass is 209 g/mol. The zero-order valence-electron chi connectivity index (χ0n) is 9.16. The highest BCUT2D eigenvalue weighted by Gasteiger charge is 2.07. The van der Waals surface area contributed by atoms with E-state index in [0.717, 1.165) is 5.75 Å². The molecule has 0 aliphatic rings. The second-order valence-corrected chi connectivity index (χ2v) is 5.23. The van der Waals surface area contributed by atoms with Crippen LogP contribution in [0.1, 0.15) is 25.0 Å². The quantitative estimate of drug-likeness (QED) is 0.825. The van der Waals surface area contributed by atoms with Crippen LogP contribution in [0.2, 0.25) is 0 Å². The molecule has 0 fully saturated rings. The number of hydrogen-bond donors (Lipinski definition) is 1. The highest BCUT2D eigenvalue weighted by Crippen LogP contribution is 2.19. The fourth-order valence-electron chi connectivity index (χ4n) is 1.18. The molecule has 2 unspecified atom stereocenters. The molecule has 1 rings (SSSR count). The second kappa shape index (κ2) is 5.42. The topological polar surface area (TPSA) is 26.0 Å². The first-order chi connectivity index (χ1) is 6.59. The van der Waals surface area contributed by atoms with E-state index in [1.807, 2.05) is 11.8 Å². The molecule has 0 amide bonds. The van der Waals surface area contributed by atoms with Crippen LogP contribution in [0.4, 0.5) is 0 Å². The van der Waals surface area contributed by atoms with Gasteiger partial charge in [0.25, 0.3) is 0 Å². The van der Waals surface area contributed by atoms with Crippen molar-refractivity contribution in [2.75, 3.05) is 0 Å². The predicted octanol–water partition coefficient (Wildman–Crippen LogP) is 2.96. The fourth-order valence-corrected chi connectivity index (χ4v) is 2.12. The van der Waals surface area contributed by atoms with Crippen molar-refractivity contribution in [3.8, 4) is 0 Å². The van der Waals surface area contributed by atoms with Gasteiger partial charge >= 0.3 is 0 Å². The maximum absolute atomic E-state index is 5.81. The summed E-state index contributed by atoms with van der Waals surface area (Å²) in [6.07, 6.45) is 0. The van der Waals surface area contributed by atoms with Crippen LogP contribution in [0, 0.1) is 6.92 Å². The van der Waals surface area contributed by atoms with E-state index in [1.165, 1.54) is 11.1 Å². The number of aryl methyl sites for hydroxylation is 1. The third kappa shape index (κ3) is 3.72. The summed E-state index contributed by atoms with van der Waals surface area (Å²) >= 11 is 1.92. The van der Waals surface area contributed by atoms with E-state index in [2.05, 4.69) is 45.0 Å². The summed E-state index contributed by atoms with van der Waals surface area (Å²) in [4.78, 5) is 0. The minimum atomic E-state index is 0.268. The van der Waals surface area contributed by atoms with Crippen LogP contribution in [-0.4, -0.2) is 11.3 Å². The number of nitrogens with two attached hydrogens (primary N) is 1. The zero-order chi connectivity index (χ0) is 10.6. The molecule has 14 heavy (non-hydrogen) atoms. The Bertz CT molecular complexity index is 283.